The molecule has 0 aliphatic carbocycles. The first-order valence-electron chi connectivity index (χ1n) is 4.39. The van der Waals surface area contributed by atoms with E-state index in [1.54, 1.807) is 6.92 Å². The first-order valence-corrected chi connectivity index (χ1v) is 4.39. The number of esters is 1. The molecule has 0 radical (unpaired) electrons. The number of hydrogen-bond acceptors (Lipinski definition) is 4. The van der Waals surface area contributed by atoms with E-state index in [1.807, 2.05) is 13.8 Å². The number of nitrogens with one attached hydrogen (secondary N) is 1. The van der Waals surface area contributed by atoms with Crippen LogP contribution >= 0.6 is 0 Å². The Morgan fingerprint density at radius 1 is 1.62 bits per heavy atom. The van der Waals surface area contributed by atoms with Crippen LogP contribution in [-0.4, -0.2) is 36.4 Å². The molecule has 0 bridgehead atoms. The lowest BCUT2D eigenvalue weighted by molar-refractivity contribution is -0.143. The Bertz CT molecular complexity index is 168. The van der Waals surface area contributed by atoms with Crippen LogP contribution in [0.5, 0.6) is 0 Å². The lowest BCUT2D eigenvalue weighted by Gasteiger charge is -2.28. The minimum absolute atomic E-state index is 0.105. The molecule has 1 atom stereocenters. The summed E-state index contributed by atoms with van der Waals surface area (Å²) in [5.74, 6) is -0.286. The van der Waals surface area contributed by atoms with Crippen LogP contribution in [-0.2, 0) is 9.53 Å². The highest BCUT2D eigenvalue weighted by atomic mass is 16.5. The van der Waals surface area contributed by atoms with Gasteiger partial charge < -0.3 is 9.84 Å². The number of ether oxygens (including phenoxy) is 1. The van der Waals surface area contributed by atoms with Crippen molar-refractivity contribution in [3.8, 4) is 0 Å². The van der Waals surface area contributed by atoms with Gasteiger partial charge in [0.2, 0.25) is 0 Å². The monoisotopic (exact) mass is 189 g/mol. The predicted octanol–water partition coefficient (Wildman–Crippen LogP) is 0.298. The first kappa shape index (κ1) is 12.4. The molecule has 0 aliphatic heterocycles. The third-order valence-corrected chi connectivity index (χ3v) is 1.90. The molecule has 4 nitrogen and oxygen atoms in total. The highest BCUT2D eigenvalue weighted by Crippen LogP contribution is 2.08. The lowest BCUT2D eigenvalue weighted by atomic mass is 10.00. The van der Waals surface area contributed by atoms with Crippen LogP contribution in [0.4, 0.5) is 0 Å². The minimum Gasteiger partial charge on any atom is -0.468 e. The van der Waals surface area contributed by atoms with Crippen molar-refractivity contribution in [3.05, 3.63) is 0 Å². The Balaban J connectivity index is 4.02. The molecule has 4 heteroatoms. The molecule has 78 valence electrons. The highest BCUT2D eigenvalue weighted by molar-refractivity contribution is 5.75. The topological polar surface area (TPSA) is 58.6 Å². The van der Waals surface area contributed by atoms with Crippen molar-refractivity contribution in [1.82, 2.24) is 5.32 Å². The summed E-state index contributed by atoms with van der Waals surface area (Å²) in [7, 11) is 1.36. The van der Waals surface area contributed by atoms with E-state index in [-0.39, 0.29) is 24.2 Å². The fraction of sp³-hybridized carbons (Fsp3) is 0.889. The van der Waals surface area contributed by atoms with Gasteiger partial charge in [0.1, 0.15) is 6.04 Å². The van der Waals surface area contributed by atoms with E-state index in [1.165, 1.54) is 7.11 Å². The van der Waals surface area contributed by atoms with Crippen LogP contribution < -0.4 is 5.32 Å². The Hall–Kier alpha value is -0.610. The molecule has 0 rings (SSSR count). The average molecular weight is 189 g/mol. The molecule has 0 spiro atoms. The molecule has 0 heterocycles. The molecule has 13 heavy (non-hydrogen) atoms. The summed E-state index contributed by atoms with van der Waals surface area (Å²) >= 11 is 0. The van der Waals surface area contributed by atoms with E-state index in [9.17, 15) is 4.79 Å². The van der Waals surface area contributed by atoms with Gasteiger partial charge in [-0.25, -0.2) is 0 Å². The second kappa shape index (κ2) is 5.19. The maximum Gasteiger partial charge on any atom is 0.322 e. The van der Waals surface area contributed by atoms with Crippen molar-refractivity contribution in [3.63, 3.8) is 0 Å². The number of carbonyl (C=O) groups excluding carboxylic acids is 1. The van der Waals surface area contributed by atoms with Gasteiger partial charge in [0.15, 0.2) is 0 Å². The van der Waals surface area contributed by atoms with Gasteiger partial charge >= 0.3 is 5.97 Å². The molecular weight excluding hydrogens is 170 g/mol. The standard InChI is InChI=1S/C9H19NO3/c1-7(8(12)13-4)10-9(2,3)5-6-11/h7,10-11H,5-6H2,1-4H3. The molecule has 2 N–H and O–H groups in total. The molecule has 0 aromatic carbocycles. The van der Waals surface area contributed by atoms with Crippen LogP contribution in [0, 0.1) is 0 Å². The quantitative estimate of drug-likeness (QED) is 0.611. The molecular formula is C9H19NO3. The third-order valence-electron chi connectivity index (χ3n) is 1.90. The molecule has 0 aliphatic rings. The maximum atomic E-state index is 11.0. The third kappa shape index (κ3) is 4.85. The largest absolute Gasteiger partial charge is 0.468 e. The summed E-state index contributed by atoms with van der Waals surface area (Å²) in [5.41, 5.74) is -0.248. The van der Waals surface area contributed by atoms with E-state index >= 15 is 0 Å². The van der Waals surface area contributed by atoms with E-state index in [0.29, 0.717) is 6.42 Å². The van der Waals surface area contributed by atoms with Crippen molar-refractivity contribution in [2.45, 2.75) is 38.8 Å². The van der Waals surface area contributed by atoms with Gasteiger partial charge in [0.05, 0.1) is 7.11 Å². The Kier molecular flexibility index (Phi) is 4.95. The Labute approximate surface area is 79.3 Å². The van der Waals surface area contributed by atoms with Gasteiger partial charge in [-0.15, -0.1) is 0 Å². The molecule has 0 amide bonds. The van der Waals surface area contributed by atoms with Gasteiger partial charge in [0.25, 0.3) is 0 Å². The van der Waals surface area contributed by atoms with Crippen LogP contribution in [0.2, 0.25) is 0 Å². The smallest absolute Gasteiger partial charge is 0.322 e. The molecule has 0 saturated carbocycles. The van der Waals surface area contributed by atoms with Crippen LogP contribution in [0.3, 0.4) is 0 Å². The van der Waals surface area contributed by atoms with Gasteiger partial charge in [-0.1, -0.05) is 0 Å². The zero-order valence-electron chi connectivity index (χ0n) is 8.76. The van der Waals surface area contributed by atoms with Crippen molar-refractivity contribution >= 4 is 5.97 Å². The summed E-state index contributed by atoms with van der Waals surface area (Å²) < 4.78 is 4.57. The molecule has 0 fully saturated rings. The Morgan fingerprint density at radius 3 is 2.54 bits per heavy atom. The Morgan fingerprint density at radius 2 is 2.15 bits per heavy atom. The van der Waals surface area contributed by atoms with Gasteiger partial charge in [-0.05, 0) is 27.2 Å². The summed E-state index contributed by atoms with van der Waals surface area (Å²) in [6.45, 7) is 5.71. The fourth-order valence-electron chi connectivity index (χ4n) is 1.17. The summed E-state index contributed by atoms with van der Waals surface area (Å²) in [5, 5.41) is 11.8. The molecule has 0 aromatic heterocycles. The fourth-order valence-corrected chi connectivity index (χ4v) is 1.17. The van der Waals surface area contributed by atoms with Gasteiger partial charge in [0, 0.05) is 12.1 Å². The van der Waals surface area contributed by atoms with E-state index < -0.39 is 0 Å². The average Bonchev–Trinajstić information content (AvgIpc) is 2.01. The number of hydrogen-bond donors (Lipinski definition) is 2. The summed E-state index contributed by atoms with van der Waals surface area (Å²) in [4.78, 5) is 11.0. The number of aliphatic hydroxyl groups is 1. The SMILES string of the molecule is COC(=O)C(C)NC(C)(C)CCO. The minimum atomic E-state index is -0.341. The number of aliphatic hydroxyl groups excluding tert-OH is 1. The number of methoxy groups -OCH3 is 1. The van der Waals surface area contributed by atoms with Crippen molar-refractivity contribution < 1.29 is 14.6 Å². The normalized spacial score (nSPS) is 13.9. The second-order valence-electron chi connectivity index (χ2n) is 3.75. The van der Waals surface area contributed by atoms with E-state index in [0.717, 1.165) is 0 Å². The first-order chi connectivity index (χ1) is 5.93. The molecule has 0 aromatic rings. The highest BCUT2D eigenvalue weighted by Gasteiger charge is 2.23. The predicted molar refractivity (Wildman–Crippen MR) is 50.4 cm³/mol. The zero-order chi connectivity index (χ0) is 10.5. The van der Waals surface area contributed by atoms with E-state index in [2.05, 4.69) is 10.1 Å². The number of carbonyl (C=O) groups is 1. The molecule has 0 saturated heterocycles. The van der Waals surface area contributed by atoms with Crippen LogP contribution in [0.15, 0.2) is 0 Å². The van der Waals surface area contributed by atoms with E-state index in [4.69, 9.17) is 5.11 Å². The van der Waals surface area contributed by atoms with Crippen molar-refractivity contribution in [1.29, 1.82) is 0 Å². The van der Waals surface area contributed by atoms with Crippen LogP contribution in [0.1, 0.15) is 27.2 Å². The van der Waals surface area contributed by atoms with Crippen molar-refractivity contribution in [2.24, 2.45) is 0 Å². The lowest BCUT2D eigenvalue weighted by Crippen LogP contribution is -2.48. The number of rotatable bonds is 5. The maximum absolute atomic E-state index is 11.0. The van der Waals surface area contributed by atoms with Crippen LogP contribution in [0.25, 0.3) is 0 Å². The zero-order valence-corrected chi connectivity index (χ0v) is 8.76. The van der Waals surface area contributed by atoms with Gasteiger partial charge in [-0.3, -0.25) is 10.1 Å². The van der Waals surface area contributed by atoms with Crippen molar-refractivity contribution in [2.75, 3.05) is 13.7 Å². The van der Waals surface area contributed by atoms with Gasteiger partial charge in [-0.2, -0.15) is 0 Å². The molecule has 1 unspecified atom stereocenters. The summed E-state index contributed by atoms with van der Waals surface area (Å²) in [6.07, 6.45) is 0.605. The second-order valence-corrected chi connectivity index (χ2v) is 3.75. The summed E-state index contributed by atoms with van der Waals surface area (Å²) in [6, 6.07) is -0.341.